The highest BCUT2D eigenvalue weighted by Crippen LogP contribution is 2.42. The predicted octanol–water partition coefficient (Wildman–Crippen LogP) is 6.83. The second-order valence-corrected chi connectivity index (χ2v) is 20.5. The fourth-order valence-corrected chi connectivity index (χ4v) is 9.33. The second kappa shape index (κ2) is 22.5. The molecular weight excluding hydrogens is 981 g/mol. The number of anilines is 6. The number of halogens is 2. The lowest BCUT2D eigenvalue weighted by Gasteiger charge is -2.35. The lowest BCUT2D eigenvalue weighted by Crippen LogP contribution is -2.48. The van der Waals surface area contributed by atoms with E-state index in [0.29, 0.717) is 93.6 Å². The number of urea groups is 2. The van der Waals surface area contributed by atoms with E-state index in [1.54, 1.807) is 30.5 Å². The molecule has 0 radical (unpaired) electrons. The van der Waals surface area contributed by atoms with Crippen molar-refractivity contribution in [3.05, 3.63) is 71.8 Å². The van der Waals surface area contributed by atoms with Gasteiger partial charge in [0.2, 0.25) is 0 Å². The summed E-state index contributed by atoms with van der Waals surface area (Å²) in [5, 5.41) is 14.8. The Hall–Kier alpha value is -6.86. The minimum absolute atomic E-state index is 0.0591. The zero-order valence-electron chi connectivity index (χ0n) is 43.3. The van der Waals surface area contributed by atoms with E-state index >= 15 is 0 Å². The molecule has 0 unspecified atom stereocenters. The Morgan fingerprint density at radius 3 is 1.56 bits per heavy atom. The van der Waals surface area contributed by atoms with Crippen LogP contribution >= 0.6 is 0 Å². The molecule has 10 rings (SSSR count). The smallest absolute Gasteiger partial charge is 0.357 e. The minimum Gasteiger partial charge on any atom is -0.491 e. The summed E-state index contributed by atoms with van der Waals surface area (Å²) in [5.74, 6) is -2.77. The van der Waals surface area contributed by atoms with Crippen LogP contribution in [0, 0.1) is 17.6 Å². The van der Waals surface area contributed by atoms with Crippen LogP contribution in [0.5, 0.6) is 11.5 Å². The lowest BCUT2D eigenvalue weighted by molar-refractivity contribution is -0.141. The van der Waals surface area contributed by atoms with Gasteiger partial charge in [-0.2, -0.15) is 0 Å². The highest BCUT2D eigenvalue weighted by Gasteiger charge is 2.43. The number of hydrogen-bond acceptors (Lipinski definition) is 17. The maximum atomic E-state index is 14.9. The molecule has 0 aliphatic carbocycles. The quantitative estimate of drug-likeness (QED) is 0.106. The number of Topliss-reactive ketones (excluding diaryl/α,β-unsaturated/α-hetero) is 1. The number of nitrogens with two attached hydrogens (primary N) is 1. The van der Waals surface area contributed by atoms with Gasteiger partial charge in [0.25, 0.3) is 0 Å². The summed E-state index contributed by atoms with van der Waals surface area (Å²) in [7, 11) is 0. The third-order valence-corrected chi connectivity index (χ3v) is 12.5. The highest BCUT2D eigenvalue weighted by molar-refractivity contribution is 6.06. The van der Waals surface area contributed by atoms with Crippen molar-refractivity contribution in [2.45, 2.75) is 117 Å². The van der Waals surface area contributed by atoms with Gasteiger partial charge in [-0.3, -0.25) is 25.2 Å². The molecule has 0 saturated carbocycles. The van der Waals surface area contributed by atoms with Crippen LogP contribution in [0.2, 0.25) is 0 Å². The molecule has 4 amide bonds. The van der Waals surface area contributed by atoms with Crippen molar-refractivity contribution in [2.24, 2.45) is 11.7 Å². The Bertz CT molecular complexity index is 2770. The van der Waals surface area contributed by atoms with E-state index in [0.717, 1.165) is 6.07 Å². The van der Waals surface area contributed by atoms with E-state index in [1.807, 2.05) is 65.2 Å². The number of rotatable bonds is 12. The monoisotopic (exact) mass is 1050 g/mol. The topological polar surface area (TPSA) is 258 Å². The van der Waals surface area contributed by atoms with Crippen LogP contribution in [0.15, 0.2) is 48.8 Å². The van der Waals surface area contributed by atoms with Crippen LogP contribution in [-0.2, 0) is 18.9 Å². The Kier molecular flexibility index (Phi) is 16.4. The van der Waals surface area contributed by atoms with Gasteiger partial charge in [0.1, 0.15) is 54.3 Å². The van der Waals surface area contributed by atoms with Crippen LogP contribution in [0.25, 0.3) is 0 Å². The molecule has 5 N–H and O–H groups in total. The number of carbonyl (C=O) groups excluding carboxylic acids is 3. The Balaban J connectivity index is 0.000000187. The number of nitrogens with zero attached hydrogens (tertiary/aromatic N) is 8. The summed E-state index contributed by atoms with van der Waals surface area (Å²) >= 11 is 0. The summed E-state index contributed by atoms with van der Waals surface area (Å²) in [5.41, 5.74) is 5.05. The first-order chi connectivity index (χ1) is 35.5. The van der Waals surface area contributed by atoms with Crippen molar-refractivity contribution in [3.8, 4) is 11.5 Å². The zero-order chi connectivity index (χ0) is 53.9. The van der Waals surface area contributed by atoms with E-state index < -0.39 is 46.9 Å². The third-order valence-electron chi connectivity index (χ3n) is 12.5. The average Bonchev–Trinajstić information content (AvgIpc) is 4.15. The van der Waals surface area contributed by atoms with Crippen molar-refractivity contribution in [2.75, 3.05) is 82.8 Å². The van der Waals surface area contributed by atoms with Crippen LogP contribution in [-0.4, -0.2) is 143 Å². The molecule has 0 spiro atoms. The molecule has 0 aromatic carbocycles. The van der Waals surface area contributed by atoms with Gasteiger partial charge >= 0.3 is 18.0 Å². The van der Waals surface area contributed by atoms with Gasteiger partial charge in [0.15, 0.2) is 46.3 Å². The van der Waals surface area contributed by atoms with E-state index in [-0.39, 0.29) is 72.2 Å². The van der Waals surface area contributed by atoms with Crippen molar-refractivity contribution in [1.29, 1.82) is 0 Å². The number of aromatic nitrogens is 4. The molecule has 10 heterocycles. The van der Waals surface area contributed by atoms with Crippen molar-refractivity contribution >= 4 is 58.5 Å². The molecule has 4 saturated heterocycles. The summed E-state index contributed by atoms with van der Waals surface area (Å²) < 4.78 is 63.3. The third kappa shape index (κ3) is 13.2. The zero-order valence-corrected chi connectivity index (χ0v) is 43.3. The normalized spacial score (nSPS) is 21.4. The Morgan fingerprint density at radius 1 is 0.733 bits per heavy atom. The Morgan fingerprint density at radius 2 is 1.16 bits per heavy atom. The highest BCUT2D eigenvalue weighted by atomic mass is 19.1. The van der Waals surface area contributed by atoms with Crippen LogP contribution in [0.4, 0.5) is 53.0 Å². The molecular formula is C51H65F2N11O11. The van der Waals surface area contributed by atoms with Gasteiger partial charge in [0, 0.05) is 69.3 Å². The van der Waals surface area contributed by atoms with E-state index in [1.165, 1.54) is 22.1 Å². The van der Waals surface area contributed by atoms with E-state index in [4.69, 9.17) is 34.2 Å². The van der Waals surface area contributed by atoms with Crippen LogP contribution < -0.4 is 45.4 Å². The number of carbonyl (C=O) groups is 4. The number of nitrogens with one attached hydrogen (secondary N) is 2. The fourth-order valence-electron chi connectivity index (χ4n) is 9.33. The molecule has 4 bridgehead atoms. The molecule has 4 aromatic heterocycles. The number of fused-ring (bicyclic) bond motifs is 8. The number of aromatic carboxylic acids is 1. The summed E-state index contributed by atoms with van der Waals surface area (Å²) in [4.78, 5) is 74.4. The molecule has 4 aromatic rings. The summed E-state index contributed by atoms with van der Waals surface area (Å²) in [6, 6.07) is 7.96. The predicted molar refractivity (Wildman–Crippen MR) is 272 cm³/mol. The van der Waals surface area contributed by atoms with Crippen molar-refractivity contribution in [3.63, 3.8) is 0 Å². The van der Waals surface area contributed by atoms with Gasteiger partial charge in [0.05, 0.1) is 36.7 Å². The second-order valence-electron chi connectivity index (χ2n) is 20.5. The van der Waals surface area contributed by atoms with Gasteiger partial charge in [-0.05, 0) is 64.6 Å². The molecule has 4 fully saturated rings. The van der Waals surface area contributed by atoms with Crippen molar-refractivity contribution in [1.82, 2.24) is 19.9 Å². The molecule has 404 valence electrons. The number of carboxylic acids is 1. The lowest BCUT2D eigenvalue weighted by atomic mass is 10.0. The number of carboxylic acid groups (broad SMARTS) is 1. The van der Waals surface area contributed by atoms with Gasteiger partial charge in [-0.1, -0.05) is 27.7 Å². The maximum absolute atomic E-state index is 14.9. The van der Waals surface area contributed by atoms with Crippen LogP contribution in [0.1, 0.15) is 95.6 Å². The number of ketones is 1. The van der Waals surface area contributed by atoms with Crippen molar-refractivity contribution < 1.29 is 61.5 Å². The molecule has 6 aliphatic heterocycles. The van der Waals surface area contributed by atoms with E-state index in [2.05, 4.69) is 30.6 Å². The molecule has 75 heavy (non-hydrogen) atoms. The summed E-state index contributed by atoms with van der Waals surface area (Å²) in [6.07, 6.45) is 4.15. The standard InChI is InChI=1S/C26H32FN5O5.C22H24FN5O6.C3H9N/c1-15(2)9-21(33)23-19(27)11-20-24(30-23)32(16-6-8-31(20)12-16)25(34)29-22-10-17(5-7-28-22)35-13-18-14-36-26(3,4)37-18;1-22(2)33-11-14(34-22)10-32-13-3-5-24-17(7-13)25-21(31)28-12-4-6-27(9-12)16-8-15(23)18(20(29)30)26-19(16)28;1-3(2)4/h5,7,10-11,15-16,18H,6,8-9,12-14H2,1-4H3,(H,28,29,34);3,5,7-8,12,14H,4,6,9-11H2,1-2H3,(H,29,30)(H,24,25,31);3H,4H2,1-2H3/t16-,18-;12-,14-;/m00./s1. The number of ether oxygens (including phenoxy) is 6. The summed E-state index contributed by atoms with van der Waals surface area (Å²) in [6.45, 7) is 18.8. The average molecular weight is 1050 g/mol. The molecule has 4 atom stereocenters. The first-order valence-electron chi connectivity index (χ1n) is 25.0. The fraction of sp³-hybridized carbons (Fsp3) is 0.529. The van der Waals surface area contributed by atoms with Crippen LogP contribution in [0.3, 0.4) is 0 Å². The van der Waals surface area contributed by atoms with Gasteiger partial charge in [-0.15, -0.1) is 0 Å². The minimum atomic E-state index is -1.50. The first-order valence-corrected chi connectivity index (χ1v) is 25.0. The molecule has 22 nitrogen and oxygen atoms in total. The van der Waals surface area contributed by atoms with Gasteiger partial charge in [-0.25, -0.2) is 43.1 Å². The number of pyridine rings is 4. The maximum Gasteiger partial charge on any atom is 0.357 e. The van der Waals surface area contributed by atoms with Gasteiger partial charge < -0.3 is 49.1 Å². The molecule has 6 aliphatic rings. The SMILES string of the molecule is CC(C)CC(=O)c1nc2c(cc1F)N1CC[C@@H](C1)N2C(=O)Nc1cc(OC[C@H]2COC(C)(C)O2)ccn1.CC(C)N.CC1(C)OC[C@H](COc2ccnc(NC(=O)N3c4nc(C(=O)O)c(F)cc4N4CC[C@H]3C4)c2)O1. The largest absolute Gasteiger partial charge is 0.491 e. The number of hydrogen-bond donors (Lipinski definition) is 4. The molecule has 24 heteroatoms. The van der Waals surface area contributed by atoms with E-state index in [9.17, 15) is 33.1 Å². The number of amides is 4. The Labute approximate surface area is 433 Å². The first kappa shape index (κ1) is 54.4.